The molecule has 3 aromatic rings. The minimum absolute atomic E-state index is 0.331. The number of para-hydroxylation sites is 2. The molecule has 0 fully saturated rings. The molecule has 1 aromatic carbocycles. The van der Waals surface area contributed by atoms with Crippen LogP contribution in [0.25, 0.3) is 0 Å². The molecular formula is C14H15N5OS3. The first-order valence-electron chi connectivity index (χ1n) is 6.90. The number of nitrogens with one attached hydrogen (secondary N) is 1. The van der Waals surface area contributed by atoms with Gasteiger partial charge in [0.1, 0.15) is 11.6 Å². The lowest BCUT2D eigenvalue weighted by molar-refractivity contribution is 0.417. The first kappa shape index (κ1) is 16.2. The fourth-order valence-corrected chi connectivity index (χ4v) is 4.45. The van der Waals surface area contributed by atoms with E-state index in [-0.39, 0.29) is 0 Å². The van der Waals surface area contributed by atoms with Crippen molar-refractivity contribution in [3.05, 3.63) is 30.1 Å². The molecule has 0 saturated carbocycles. The van der Waals surface area contributed by atoms with E-state index in [1.165, 1.54) is 34.6 Å². The summed E-state index contributed by atoms with van der Waals surface area (Å²) in [7, 11) is 1.64. The Morgan fingerprint density at radius 2 is 2.00 bits per heavy atom. The van der Waals surface area contributed by atoms with Crippen LogP contribution in [0, 0.1) is 0 Å². The number of rotatable bonds is 6. The monoisotopic (exact) mass is 365 g/mol. The van der Waals surface area contributed by atoms with Crippen molar-refractivity contribution in [3.8, 4) is 5.75 Å². The SMILES string of the molecule is COc1ccccc1Nc1nnc(Sc2nc(C(C)C)ns2)s1. The number of hydrogen-bond donors (Lipinski definition) is 1. The van der Waals surface area contributed by atoms with Crippen LogP contribution in [0.4, 0.5) is 10.8 Å². The van der Waals surface area contributed by atoms with E-state index < -0.39 is 0 Å². The lowest BCUT2D eigenvalue weighted by Crippen LogP contribution is -1.93. The zero-order valence-electron chi connectivity index (χ0n) is 12.8. The summed E-state index contributed by atoms with van der Waals surface area (Å²) in [4.78, 5) is 4.49. The quantitative estimate of drug-likeness (QED) is 0.693. The van der Waals surface area contributed by atoms with Crippen LogP contribution >= 0.6 is 34.6 Å². The second-order valence-electron chi connectivity index (χ2n) is 4.87. The van der Waals surface area contributed by atoms with Crippen molar-refractivity contribution in [2.24, 2.45) is 0 Å². The molecular weight excluding hydrogens is 350 g/mol. The average Bonchev–Trinajstić information content (AvgIpc) is 3.18. The van der Waals surface area contributed by atoms with E-state index in [4.69, 9.17) is 4.74 Å². The first-order chi connectivity index (χ1) is 11.2. The minimum atomic E-state index is 0.331. The molecule has 120 valence electrons. The van der Waals surface area contributed by atoms with E-state index in [0.29, 0.717) is 11.0 Å². The molecule has 0 aliphatic heterocycles. The predicted molar refractivity (Wildman–Crippen MR) is 94.3 cm³/mol. The van der Waals surface area contributed by atoms with Gasteiger partial charge in [-0.25, -0.2) is 4.98 Å². The number of ether oxygens (including phenoxy) is 1. The highest BCUT2D eigenvalue weighted by Crippen LogP contribution is 2.35. The molecule has 0 aliphatic carbocycles. The first-order valence-corrected chi connectivity index (χ1v) is 9.31. The summed E-state index contributed by atoms with van der Waals surface area (Å²) in [5, 5.41) is 12.3. The fraction of sp³-hybridized carbons (Fsp3) is 0.286. The van der Waals surface area contributed by atoms with Crippen LogP contribution < -0.4 is 10.1 Å². The van der Waals surface area contributed by atoms with Gasteiger partial charge < -0.3 is 10.1 Å². The Bertz CT molecular complexity index is 786. The summed E-state index contributed by atoms with van der Waals surface area (Å²) < 4.78 is 11.4. The van der Waals surface area contributed by atoms with Gasteiger partial charge in [0.15, 0.2) is 8.68 Å². The number of benzene rings is 1. The van der Waals surface area contributed by atoms with Gasteiger partial charge in [0.25, 0.3) is 0 Å². The maximum absolute atomic E-state index is 5.32. The summed E-state index contributed by atoms with van der Waals surface area (Å²) in [5.41, 5.74) is 0.862. The normalized spacial score (nSPS) is 11.0. The van der Waals surface area contributed by atoms with Gasteiger partial charge >= 0.3 is 0 Å². The Morgan fingerprint density at radius 1 is 1.17 bits per heavy atom. The molecule has 6 nitrogen and oxygen atoms in total. The largest absolute Gasteiger partial charge is 0.495 e. The highest BCUT2D eigenvalue weighted by atomic mass is 32.2. The summed E-state index contributed by atoms with van der Waals surface area (Å²) in [5.74, 6) is 1.97. The molecule has 0 spiro atoms. The van der Waals surface area contributed by atoms with Crippen LogP contribution in [0.1, 0.15) is 25.6 Å². The molecule has 3 rings (SSSR count). The Hall–Kier alpha value is -1.71. The third-order valence-electron chi connectivity index (χ3n) is 2.87. The highest BCUT2D eigenvalue weighted by Gasteiger charge is 2.13. The number of methoxy groups -OCH3 is 1. The van der Waals surface area contributed by atoms with Crippen molar-refractivity contribution in [1.82, 2.24) is 19.6 Å². The van der Waals surface area contributed by atoms with Gasteiger partial charge in [-0.05, 0) is 35.4 Å². The lowest BCUT2D eigenvalue weighted by Gasteiger charge is -2.07. The van der Waals surface area contributed by atoms with Crippen molar-refractivity contribution in [1.29, 1.82) is 0 Å². The summed E-state index contributed by atoms with van der Waals surface area (Å²) in [6, 6.07) is 7.70. The average molecular weight is 366 g/mol. The van der Waals surface area contributed by atoms with E-state index in [1.54, 1.807) is 7.11 Å². The van der Waals surface area contributed by atoms with Crippen LogP contribution in [-0.4, -0.2) is 26.7 Å². The maximum Gasteiger partial charge on any atom is 0.211 e. The van der Waals surface area contributed by atoms with E-state index in [2.05, 4.69) is 38.7 Å². The molecule has 2 aromatic heterocycles. The summed E-state index contributed by atoms with van der Waals surface area (Å²) >= 11 is 4.35. The zero-order chi connectivity index (χ0) is 16.2. The standard InChI is InChI=1S/C14H15N5OS3/c1-8(2)11-16-13(23-19-11)22-14-18-17-12(21-14)15-9-6-4-5-7-10(9)20-3/h4-8H,1-3H3,(H,15,17). The van der Waals surface area contributed by atoms with Crippen LogP contribution in [-0.2, 0) is 0 Å². The van der Waals surface area contributed by atoms with Gasteiger partial charge in [-0.1, -0.05) is 37.3 Å². The number of hydrogen-bond acceptors (Lipinski definition) is 9. The van der Waals surface area contributed by atoms with E-state index in [1.807, 2.05) is 24.3 Å². The van der Waals surface area contributed by atoms with E-state index in [0.717, 1.165) is 25.9 Å². The van der Waals surface area contributed by atoms with E-state index in [9.17, 15) is 0 Å². The van der Waals surface area contributed by atoms with Crippen LogP contribution in [0.5, 0.6) is 5.75 Å². The molecule has 9 heteroatoms. The van der Waals surface area contributed by atoms with Crippen molar-refractivity contribution in [2.75, 3.05) is 12.4 Å². The third-order valence-corrected chi connectivity index (χ3v) is 5.52. The molecule has 0 radical (unpaired) electrons. The van der Waals surface area contributed by atoms with Gasteiger partial charge in [0, 0.05) is 5.92 Å². The zero-order valence-corrected chi connectivity index (χ0v) is 15.3. The molecule has 0 unspecified atom stereocenters. The van der Waals surface area contributed by atoms with Gasteiger partial charge in [0.2, 0.25) is 5.13 Å². The topological polar surface area (TPSA) is 72.8 Å². The van der Waals surface area contributed by atoms with Gasteiger partial charge in [0.05, 0.1) is 12.8 Å². The van der Waals surface area contributed by atoms with Crippen molar-refractivity contribution >= 4 is 45.5 Å². The van der Waals surface area contributed by atoms with Gasteiger partial charge in [-0.2, -0.15) is 4.37 Å². The van der Waals surface area contributed by atoms with Crippen molar-refractivity contribution < 1.29 is 4.74 Å². The Balaban J connectivity index is 1.70. The van der Waals surface area contributed by atoms with Crippen molar-refractivity contribution in [3.63, 3.8) is 0 Å². The third kappa shape index (κ3) is 3.98. The number of anilines is 2. The number of nitrogens with zero attached hydrogens (tertiary/aromatic N) is 4. The molecule has 0 amide bonds. The molecule has 0 atom stereocenters. The molecule has 0 bridgehead atoms. The Kier molecular flexibility index (Phi) is 5.09. The summed E-state index contributed by atoms with van der Waals surface area (Å²) in [6.07, 6.45) is 0. The Morgan fingerprint density at radius 3 is 2.74 bits per heavy atom. The van der Waals surface area contributed by atoms with Crippen molar-refractivity contribution in [2.45, 2.75) is 28.4 Å². The molecule has 1 N–H and O–H groups in total. The number of aromatic nitrogens is 4. The van der Waals surface area contributed by atoms with Crippen LogP contribution in [0.3, 0.4) is 0 Å². The minimum Gasteiger partial charge on any atom is -0.495 e. The highest BCUT2D eigenvalue weighted by molar-refractivity contribution is 8.02. The Labute approximate surface area is 146 Å². The summed E-state index contributed by atoms with van der Waals surface area (Å²) in [6.45, 7) is 4.16. The smallest absolute Gasteiger partial charge is 0.211 e. The molecule has 0 saturated heterocycles. The van der Waals surface area contributed by atoms with Gasteiger partial charge in [-0.15, -0.1) is 10.2 Å². The molecule has 0 aliphatic rings. The second-order valence-corrected chi connectivity index (χ2v) is 8.10. The molecule has 23 heavy (non-hydrogen) atoms. The van der Waals surface area contributed by atoms with Crippen LogP contribution in [0.2, 0.25) is 0 Å². The second kappa shape index (κ2) is 7.24. The predicted octanol–water partition coefficient (Wildman–Crippen LogP) is 4.42. The maximum atomic E-state index is 5.32. The van der Waals surface area contributed by atoms with Gasteiger partial charge in [-0.3, -0.25) is 0 Å². The lowest BCUT2D eigenvalue weighted by atomic mass is 10.2. The van der Waals surface area contributed by atoms with Crippen LogP contribution in [0.15, 0.2) is 32.9 Å². The molecule has 2 heterocycles. The fourth-order valence-electron chi connectivity index (χ4n) is 1.74. The van der Waals surface area contributed by atoms with E-state index >= 15 is 0 Å².